The minimum Gasteiger partial charge on any atom is -0.383 e. The molecule has 2 bridgehead atoms. The molecule has 1 saturated heterocycles. The van der Waals surface area contributed by atoms with Gasteiger partial charge in [0.15, 0.2) is 0 Å². The molecule has 1 N–H and O–H groups in total. The van der Waals surface area contributed by atoms with Crippen molar-refractivity contribution in [1.29, 1.82) is 0 Å². The van der Waals surface area contributed by atoms with Gasteiger partial charge in [-0.2, -0.15) is 0 Å². The lowest BCUT2D eigenvalue weighted by atomic mass is 9.64. The van der Waals surface area contributed by atoms with Crippen LogP contribution in [0.1, 0.15) is 30.5 Å². The van der Waals surface area contributed by atoms with Gasteiger partial charge >= 0.3 is 0 Å². The zero-order valence-corrected chi connectivity index (χ0v) is 15.5. The van der Waals surface area contributed by atoms with Crippen LogP contribution in [0.3, 0.4) is 0 Å². The summed E-state index contributed by atoms with van der Waals surface area (Å²) in [4.78, 5) is 11.5. The lowest BCUT2D eigenvalue weighted by molar-refractivity contribution is -0.151. The molecule has 2 aromatic heterocycles. The van der Waals surface area contributed by atoms with E-state index in [0.29, 0.717) is 0 Å². The SMILES string of the molecule is OC1(c2ccccn2)C2CCCC1CN(Cc1ccc3ncccc3c1)C2. The van der Waals surface area contributed by atoms with Gasteiger partial charge in [-0.3, -0.25) is 14.9 Å². The van der Waals surface area contributed by atoms with Gasteiger partial charge in [0, 0.05) is 49.2 Å². The van der Waals surface area contributed by atoms with Gasteiger partial charge in [0.25, 0.3) is 0 Å². The fourth-order valence-electron chi connectivity index (χ4n) is 5.17. The molecule has 2 unspecified atom stereocenters. The average molecular weight is 359 g/mol. The van der Waals surface area contributed by atoms with Crippen LogP contribution < -0.4 is 0 Å². The fraction of sp³-hybridized carbons (Fsp3) is 0.391. The zero-order valence-electron chi connectivity index (χ0n) is 15.5. The number of hydrogen-bond donors (Lipinski definition) is 1. The van der Waals surface area contributed by atoms with Gasteiger partial charge in [-0.05, 0) is 48.7 Å². The van der Waals surface area contributed by atoms with Crippen LogP contribution in [0.5, 0.6) is 0 Å². The van der Waals surface area contributed by atoms with E-state index in [1.807, 2.05) is 30.5 Å². The van der Waals surface area contributed by atoms with Crippen LogP contribution in [-0.4, -0.2) is 33.1 Å². The van der Waals surface area contributed by atoms with Gasteiger partial charge in [-0.25, -0.2) is 0 Å². The number of aromatic nitrogens is 2. The lowest BCUT2D eigenvalue weighted by Crippen LogP contribution is -2.58. The predicted octanol–water partition coefficient (Wildman–Crippen LogP) is 3.75. The number of pyridine rings is 2. The molecule has 1 aliphatic carbocycles. The van der Waals surface area contributed by atoms with Gasteiger partial charge in [0.05, 0.1) is 11.2 Å². The van der Waals surface area contributed by atoms with E-state index in [-0.39, 0.29) is 11.8 Å². The molecule has 1 aliphatic heterocycles. The van der Waals surface area contributed by atoms with E-state index in [2.05, 4.69) is 39.1 Å². The third-order valence-electron chi connectivity index (χ3n) is 6.46. The Kier molecular flexibility index (Phi) is 4.18. The first-order chi connectivity index (χ1) is 13.2. The van der Waals surface area contributed by atoms with E-state index in [1.165, 1.54) is 17.4 Å². The van der Waals surface area contributed by atoms with E-state index < -0.39 is 5.60 Å². The Morgan fingerprint density at radius 1 is 0.963 bits per heavy atom. The molecule has 4 nitrogen and oxygen atoms in total. The zero-order chi connectivity index (χ0) is 18.3. The summed E-state index contributed by atoms with van der Waals surface area (Å²) in [6, 6.07) is 16.6. The van der Waals surface area contributed by atoms with Crippen molar-refractivity contribution in [2.24, 2.45) is 11.8 Å². The predicted molar refractivity (Wildman–Crippen MR) is 106 cm³/mol. The van der Waals surface area contributed by atoms with Gasteiger partial charge in [0.2, 0.25) is 0 Å². The highest BCUT2D eigenvalue weighted by Gasteiger charge is 2.52. The maximum atomic E-state index is 11.6. The topological polar surface area (TPSA) is 49.3 Å². The van der Waals surface area contributed by atoms with Crippen LogP contribution in [-0.2, 0) is 12.1 Å². The van der Waals surface area contributed by atoms with Crippen LogP contribution >= 0.6 is 0 Å². The monoisotopic (exact) mass is 359 g/mol. The second-order valence-corrected chi connectivity index (χ2v) is 8.09. The molecule has 1 saturated carbocycles. The summed E-state index contributed by atoms with van der Waals surface area (Å²) in [6.45, 7) is 2.78. The number of piperidine rings is 1. The molecule has 2 aliphatic rings. The van der Waals surface area contributed by atoms with Gasteiger partial charge in [-0.15, -0.1) is 0 Å². The molecule has 1 aromatic carbocycles. The standard InChI is InChI=1S/C23H25N3O/c27-23(22-8-1-2-11-25-22)19-6-3-7-20(23)16-26(15-19)14-17-9-10-21-18(13-17)5-4-12-24-21/h1-2,4-5,8-13,19-20,27H,3,6-7,14-16H2. The van der Waals surface area contributed by atoms with Crippen molar-refractivity contribution in [3.63, 3.8) is 0 Å². The number of rotatable bonds is 3. The quantitative estimate of drug-likeness (QED) is 0.774. The first kappa shape index (κ1) is 16.8. The molecule has 0 radical (unpaired) electrons. The molecule has 138 valence electrons. The molecule has 0 amide bonds. The minimum atomic E-state index is -0.774. The summed E-state index contributed by atoms with van der Waals surface area (Å²) in [7, 11) is 0. The van der Waals surface area contributed by atoms with E-state index in [9.17, 15) is 5.11 Å². The Morgan fingerprint density at radius 2 is 1.78 bits per heavy atom. The molecule has 3 heterocycles. The summed E-state index contributed by atoms with van der Waals surface area (Å²) in [5.41, 5.74) is 2.44. The van der Waals surface area contributed by atoms with Gasteiger partial charge in [-0.1, -0.05) is 24.6 Å². The van der Waals surface area contributed by atoms with Crippen molar-refractivity contribution in [2.75, 3.05) is 13.1 Å². The van der Waals surface area contributed by atoms with Gasteiger partial charge < -0.3 is 5.11 Å². The molecule has 27 heavy (non-hydrogen) atoms. The summed E-state index contributed by atoms with van der Waals surface area (Å²) < 4.78 is 0. The van der Waals surface area contributed by atoms with Crippen LogP contribution in [0.15, 0.2) is 60.9 Å². The first-order valence-corrected chi connectivity index (χ1v) is 9.93. The molecular formula is C23H25N3O. The third kappa shape index (κ3) is 2.93. The maximum Gasteiger partial charge on any atom is 0.114 e. The molecule has 3 aromatic rings. The molecular weight excluding hydrogens is 334 g/mol. The highest BCUT2D eigenvalue weighted by atomic mass is 16.3. The first-order valence-electron chi connectivity index (χ1n) is 9.93. The van der Waals surface area contributed by atoms with Crippen molar-refractivity contribution in [3.05, 3.63) is 72.2 Å². The van der Waals surface area contributed by atoms with Crippen LogP contribution in [0.2, 0.25) is 0 Å². The van der Waals surface area contributed by atoms with Gasteiger partial charge in [0.1, 0.15) is 5.60 Å². The second kappa shape index (κ2) is 6.70. The maximum absolute atomic E-state index is 11.6. The molecule has 0 spiro atoms. The largest absolute Gasteiger partial charge is 0.383 e. The molecule has 4 heteroatoms. The number of nitrogens with zero attached hydrogens (tertiary/aromatic N) is 3. The summed E-state index contributed by atoms with van der Waals surface area (Å²) >= 11 is 0. The van der Waals surface area contributed by atoms with Crippen molar-refractivity contribution in [3.8, 4) is 0 Å². The molecule has 5 rings (SSSR count). The molecule has 2 fully saturated rings. The normalized spacial score (nSPS) is 28.3. The Labute approximate surface area is 159 Å². The highest BCUT2D eigenvalue weighted by molar-refractivity contribution is 5.78. The van der Waals surface area contributed by atoms with Crippen LogP contribution in [0.25, 0.3) is 10.9 Å². The van der Waals surface area contributed by atoms with E-state index in [1.54, 1.807) is 6.20 Å². The van der Waals surface area contributed by atoms with Crippen LogP contribution in [0, 0.1) is 11.8 Å². The smallest absolute Gasteiger partial charge is 0.114 e. The number of fused-ring (bicyclic) bond motifs is 3. The van der Waals surface area contributed by atoms with Crippen molar-refractivity contribution in [2.45, 2.75) is 31.4 Å². The number of aliphatic hydroxyl groups is 1. The summed E-state index contributed by atoms with van der Waals surface area (Å²) in [5, 5.41) is 12.8. The Hall–Kier alpha value is -2.30. The fourth-order valence-corrected chi connectivity index (χ4v) is 5.17. The van der Waals surface area contributed by atoms with Crippen molar-refractivity contribution < 1.29 is 5.11 Å². The number of likely N-dealkylation sites (tertiary alicyclic amines) is 1. The van der Waals surface area contributed by atoms with Crippen molar-refractivity contribution in [1.82, 2.24) is 14.9 Å². The van der Waals surface area contributed by atoms with E-state index in [4.69, 9.17) is 0 Å². The Balaban J connectivity index is 1.39. The third-order valence-corrected chi connectivity index (χ3v) is 6.46. The minimum absolute atomic E-state index is 0.252. The van der Waals surface area contributed by atoms with Crippen LogP contribution in [0.4, 0.5) is 0 Å². The molecule has 2 atom stereocenters. The Morgan fingerprint density at radius 3 is 2.56 bits per heavy atom. The van der Waals surface area contributed by atoms with Crippen molar-refractivity contribution >= 4 is 10.9 Å². The van der Waals surface area contributed by atoms with E-state index >= 15 is 0 Å². The van der Waals surface area contributed by atoms with E-state index in [0.717, 1.165) is 43.7 Å². The lowest BCUT2D eigenvalue weighted by Gasteiger charge is -2.52. The summed E-state index contributed by atoms with van der Waals surface area (Å²) in [6.07, 6.45) is 6.99. The number of benzene rings is 1. The Bertz CT molecular complexity index is 929. The second-order valence-electron chi connectivity index (χ2n) is 8.09. The average Bonchev–Trinajstić information content (AvgIpc) is 2.69. The summed E-state index contributed by atoms with van der Waals surface area (Å²) in [5.74, 6) is 0.504. The highest BCUT2D eigenvalue weighted by Crippen LogP contribution is 2.48. The number of hydrogen-bond acceptors (Lipinski definition) is 4.